The van der Waals surface area contributed by atoms with E-state index in [1.807, 2.05) is 60.5 Å². The zero-order valence-corrected chi connectivity index (χ0v) is 17.4. The number of hydrogen-bond donors (Lipinski definition) is 1. The molecule has 0 aliphatic carbocycles. The third-order valence-electron chi connectivity index (χ3n) is 5.22. The molecule has 0 saturated heterocycles. The summed E-state index contributed by atoms with van der Waals surface area (Å²) in [7, 11) is 0. The fourth-order valence-electron chi connectivity index (χ4n) is 3.84. The number of anilines is 1. The molecule has 4 aromatic rings. The van der Waals surface area contributed by atoms with Crippen LogP contribution >= 0.6 is 23.2 Å². The summed E-state index contributed by atoms with van der Waals surface area (Å²) in [5.41, 5.74) is 3.47. The Morgan fingerprint density at radius 1 is 1.07 bits per heavy atom. The minimum absolute atomic E-state index is 0.0708. The molecule has 0 radical (unpaired) electrons. The minimum atomic E-state index is -0.248. The predicted molar refractivity (Wildman–Crippen MR) is 119 cm³/mol. The van der Waals surface area contributed by atoms with Crippen molar-refractivity contribution < 1.29 is 4.42 Å². The molecule has 3 heterocycles. The van der Waals surface area contributed by atoms with Crippen LogP contribution in [0.4, 0.5) is 5.69 Å². The first-order chi connectivity index (χ1) is 14.5. The van der Waals surface area contributed by atoms with Gasteiger partial charge in [0.05, 0.1) is 29.3 Å². The summed E-state index contributed by atoms with van der Waals surface area (Å²) in [6.45, 7) is 1.82. The van der Waals surface area contributed by atoms with Crippen LogP contribution in [0.5, 0.6) is 0 Å². The number of rotatable bonds is 3. The molecule has 1 unspecified atom stereocenters. The molecule has 0 saturated carbocycles. The molecule has 1 aliphatic heterocycles. The highest BCUT2D eigenvalue weighted by molar-refractivity contribution is 6.30. The van der Waals surface area contributed by atoms with Crippen molar-refractivity contribution in [3.63, 3.8) is 0 Å². The largest absolute Gasteiger partial charge is 0.442 e. The number of nitrogens with one attached hydrogen (secondary N) is 1. The van der Waals surface area contributed by atoms with Crippen LogP contribution in [0.25, 0.3) is 11.1 Å². The van der Waals surface area contributed by atoms with E-state index < -0.39 is 0 Å². The van der Waals surface area contributed by atoms with Gasteiger partial charge in [-0.05, 0) is 48.9 Å². The summed E-state index contributed by atoms with van der Waals surface area (Å²) >= 11 is 12.2. The molecule has 0 bridgehead atoms. The van der Waals surface area contributed by atoms with Gasteiger partial charge in [0.2, 0.25) is 5.71 Å². The summed E-state index contributed by atoms with van der Waals surface area (Å²) in [6, 6.07) is 15.1. The fourth-order valence-corrected chi connectivity index (χ4v) is 4.09. The molecule has 1 atom stereocenters. The number of aromatic nitrogens is 2. The number of aromatic amines is 1. The van der Waals surface area contributed by atoms with E-state index in [1.165, 1.54) is 6.33 Å². The zero-order chi connectivity index (χ0) is 20.8. The van der Waals surface area contributed by atoms with Crippen LogP contribution in [-0.2, 0) is 0 Å². The Morgan fingerprint density at radius 3 is 2.43 bits per heavy atom. The first-order valence-electron chi connectivity index (χ1n) is 9.36. The number of halogens is 2. The van der Waals surface area contributed by atoms with Gasteiger partial charge < -0.3 is 9.40 Å². The van der Waals surface area contributed by atoms with Crippen molar-refractivity contribution in [3.8, 4) is 0 Å². The molecule has 0 fully saturated rings. The monoisotopic (exact) mass is 438 g/mol. The van der Waals surface area contributed by atoms with Crippen molar-refractivity contribution >= 4 is 45.7 Å². The van der Waals surface area contributed by atoms with Crippen LogP contribution in [-0.4, -0.2) is 15.7 Å². The summed E-state index contributed by atoms with van der Waals surface area (Å²) in [6.07, 6.45) is 1.93. The van der Waals surface area contributed by atoms with Crippen molar-refractivity contribution in [2.45, 2.75) is 19.4 Å². The SMILES string of the molecule is Cc1oc2nc[nH]c(=O)c2c1C1=NN(c2ccc(Cl)cc2)C(c2ccc(Cl)cc2)C1. The highest BCUT2D eigenvalue weighted by Gasteiger charge is 2.33. The van der Waals surface area contributed by atoms with Gasteiger partial charge in [-0.15, -0.1) is 0 Å². The first-order valence-corrected chi connectivity index (χ1v) is 10.1. The predicted octanol–water partition coefficient (Wildman–Crippen LogP) is 5.49. The third kappa shape index (κ3) is 3.18. The Hall–Kier alpha value is -3.09. The van der Waals surface area contributed by atoms with E-state index in [0.29, 0.717) is 38.9 Å². The lowest BCUT2D eigenvalue weighted by molar-refractivity contribution is 0.565. The maximum absolute atomic E-state index is 12.5. The van der Waals surface area contributed by atoms with Gasteiger partial charge in [-0.3, -0.25) is 9.80 Å². The van der Waals surface area contributed by atoms with Crippen molar-refractivity contribution in [2.75, 3.05) is 5.01 Å². The summed E-state index contributed by atoms with van der Waals surface area (Å²) in [5, 5.41) is 8.58. The average Bonchev–Trinajstić information content (AvgIpc) is 3.30. The van der Waals surface area contributed by atoms with Crippen LogP contribution in [0.3, 0.4) is 0 Å². The van der Waals surface area contributed by atoms with Gasteiger partial charge >= 0.3 is 0 Å². The van der Waals surface area contributed by atoms with Gasteiger partial charge in [-0.2, -0.15) is 5.10 Å². The maximum atomic E-state index is 12.5. The molecule has 8 heteroatoms. The molecule has 2 aromatic heterocycles. The molecule has 0 amide bonds. The highest BCUT2D eigenvalue weighted by Crippen LogP contribution is 2.39. The van der Waals surface area contributed by atoms with Crippen molar-refractivity contribution in [1.82, 2.24) is 9.97 Å². The van der Waals surface area contributed by atoms with Gasteiger partial charge in [-0.25, -0.2) is 4.98 Å². The lowest BCUT2D eigenvalue weighted by atomic mass is 9.97. The van der Waals surface area contributed by atoms with Crippen LogP contribution in [0.1, 0.15) is 29.3 Å². The second-order valence-corrected chi connectivity index (χ2v) is 7.96. The lowest BCUT2D eigenvalue weighted by Crippen LogP contribution is -2.18. The first kappa shape index (κ1) is 18.9. The van der Waals surface area contributed by atoms with E-state index in [9.17, 15) is 4.79 Å². The number of hydrazone groups is 1. The van der Waals surface area contributed by atoms with E-state index in [2.05, 4.69) is 9.97 Å². The van der Waals surface area contributed by atoms with Crippen LogP contribution in [0.15, 0.2) is 69.2 Å². The van der Waals surface area contributed by atoms with E-state index in [1.54, 1.807) is 0 Å². The summed E-state index contributed by atoms with van der Waals surface area (Å²) < 4.78 is 5.74. The molecular weight excluding hydrogens is 423 g/mol. The van der Waals surface area contributed by atoms with Gasteiger partial charge in [0.25, 0.3) is 5.56 Å². The number of fused-ring (bicyclic) bond motifs is 1. The Bertz CT molecular complexity index is 1320. The van der Waals surface area contributed by atoms with E-state index >= 15 is 0 Å². The Labute approximate surface area is 181 Å². The molecule has 0 spiro atoms. The normalized spacial score (nSPS) is 16.3. The van der Waals surface area contributed by atoms with Crippen LogP contribution in [0.2, 0.25) is 10.0 Å². The molecule has 1 N–H and O–H groups in total. The van der Waals surface area contributed by atoms with Gasteiger partial charge in [0, 0.05) is 16.5 Å². The third-order valence-corrected chi connectivity index (χ3v) is 5.72. The van der Waals surface area contributed by atoms with Crippen molar-refractivity contribution in [3.05, 3.63) is 92.1 Å². The second kappa shape index (κ2) is 7.31. The fraction of sp³-hybridized carbons (Fsp3) is 0.136. The molecule has 5 rings (SSSR count). The lowest BCUT2D eigenvalue weighted by Gasteiger charge is -2.24. The summed E-state index contributed by atoms with van der Waals surface area (Å²) in [4.78, 5) is 19.3. The molecule has 6 nitrogen and oxygen atoms in total. The minimum Gasteiger partial charge on any atom is -0.442 e. The van der Waals surface area contributed by atoms with Crippen molar-refractivity contribution in [2.24, 2.45) is 5.10 Å². The summed E-state index contributed by atoms with van der Waals surface area (Å²) in [5.74, 6) is 0.612. The number of furan rings is 1. The highest BCUT2D eigenvalue weighted by atomic mass is 35.5. The standard InChI is InChI=1S/C22H16Cl2N4O2/c1-12-19(20-21(29)25-11-26-22(20)30-12)17-10-18(13-2-4-14(23)5-3-13)28(27-17)16-8-6-15(24)7-9-16/h2-9,11,18H,10H2,1H3,(H,25,26,29). The van der Waals surface area contributed by atoms with E-state index in [4.69, 9.17) is 32.7 Å². The Kier molecular flexibility index (Phi) is 4.60. The van der Waals surface area contributed by atoms with Crippen LogP contribution in [0, 0.1) is 6.92 Å². The van der Waals surface area contributed by atoms with Gasteiger partial charge in [0.1, 0.15) is 11.1 Å². The quantitative estimate of drug-likeness (QED) is 0.458. The Balaban J connectivity index is 1.66. The van der Waals surface area contributed by atoms with Crippen molar-refractivity contribution in [1.29, 1.82) is 0 Å². The smallest absolute Gasteiger partial charge is 0.262 e. The molecular formula is C22H16Cl2N4O2. The number of H-pyrrole nitrogens is 1. The van der Waals surface area contributed by atoms with Gasteiger partial charge in [-0.1, -0.05) is 35.3 Å². The number of nitrogens with zero attached hydrogens (tertiary/aromatic N) is 3. The zero-order valence-electron chi connectivity index (χ0n) is 15.9. The number of aryl methyl sites for hydroxylation is 1. The Morgan fingerprint density at radius 2 is 1.73 bits per heavy atom. The number of hydrogen-bond acceptors (Lipinski definition) is 5. The molecule has 1 aliphatic rings. The molecule has 2 aromatic carbocycles. The van der Waals surface area contributed by atoms with Crippen LogP contribution < -0.4 is 10.6 Å². The molecule has 30 heavy (non-hydrogen) atoms. The second-order valence-electron chi connectivity index (χ2n) is 7.08. The maximum Gasteiger partial charge on any atom is 0.262 e. The molecule has 150 valence electrons. The number of benzene rings is 2. The topological polar surface area (TPSA) is 74.5 Å². The average molecular weight is 439 g/mol. The van der Waals surface area contributed by atoms with E-state index in [-0.39, 0.29) is 11.6 Å². The van der Waals surface area contributed by atoms with Gasteiger partial charge in [0.15, 0.2) is 0 Å². The van der Waals surface area contributed by atoms with E-state index in [0.717, 1.165) is 17.0 Å².